The van der Waals surface area contributed by atoms with Crippen LogP contribution in [0, 0.1) is 11.7 Å². The van der Waals surface area contributed by atoms with Gasteiger partial charge in [-0.25, -0.2) is 14.0 Å². The molecule has 3 amide bonds. The van der Waals surface area contributed by atoms with Crippen molar-refractivity contribution >= 4 is 23.9 Å². The summed E-state index contributed by atoms with van der Waals surface area (Å²) < 4.78 is 36.7. The lowest BCUT2D eigenvalue weighted by atomic mass is 10.1. The molecule has 13 nitrogen and oxygen atoms in total. The second kappa shape index (κ2) is 14.7. The molecule has 2 N–H and O–H groups in total. The molecule has 3 heterocycles. The van der Waals surface area contributed by atoms with Gasteiger partial charge in [0.05, 0.1) is 32.4 Å². The van der Waals surface area contributed by atoms with Gasteiger partial charge in [0.1, 0.15) is 29.0 Å². The molecule has 3 aliphatic heterocycles. The average molecular weight is 661 g/mol. The highest BCUT2D eigenvalue weighted by Crippen LogP contribution is 2.46. The van der Waals surface area contributed by atoms with E-state index in [-0.39, 0.29) is 51.3 Å². The smallest absolute Gasteiger partial charge is 0.408 e. The maximum absolute atomic E-state index is 14.2. The third kappa shape index (κ3) is 8.47. The highest BCUT2D eigenvalue weighted by molar-refractivity contribution is 5.96. The lowest BCUT2D eigenvalue weighted by molar-refractivity contribution is -0.239. The monoisotopic (exact) mass is 660 g/mol. The first-order valence-corrected chi connectivity index (χ1v) is 16.2. The van der Waals surface area contributed by atoms with E-state index in [1.165, 1.54) is 11.0 Å². The van der Waals surface area contributed by atoms with Crippen molar-refractivity contribution in [1.29, 1.82) is 0 Å². The predicted molar refractivity (Wildman–Crippen MR) is 165 cm³/mol. The zero-order valence-electron chi connectivity index (χ0n) is 27.4. The summed E-state index contributed by atoms with van der Waals surface area (Å²) in [7, 11) is 0. The lowest BCUT2D eigenvalue weighted by Crippen LogP contribution is -2.57. The molecule has 0 spiro atoms. The third-order valence-electron chi connectivity index (χ3n) is 8.59. The number of allylic oxidation sites excluding steroid dienone is 1. The maximum atomic E-state index is 14.2. The number of carbonyl (C=O) groups excluding carboxylic acids is 4. The Balaban J connectivity index is 1.32. The van der Waals surface area contributed by atoms with Gasteiger partial charge in [0.15, 0.2) is 6.79 Å². The number of hydroxylamine groups is 2. The number of hydrogen-bond acceptors (Lipinski definition) is 10. The van der Waals surface area contributed by atoms with Gasteiger partial charge in [-0.2, -0.15) is 5.06 Å². The Morgan fingerprint density at radius 2 is 2.02 bits per heavy atom. The van der Waals surface area contributed by atoms with Crippen LogP contribution in [0.15, 0.2) is 30.4 Å². The minimum atomic E-state index is -1.23. The number of esters is 1. The molecule has 47 heavy (non-hydrogen) atoms. The van der Waals surface area contributed by atoms with Crippen LogP contribution in [0.4, 0.5) is 9.18 Å². The predicted octanol–water partition coefficient (Wildman–Crippen LogP) is 2.71. The summed E-state index contributed by atoms with van der Waals surface area (Å²) in [6.45, 7) is 7.64. The van der Waals surface area contributed by atoms with Gasteiger partial charge in [-0.3, -0.25) is 14.4 Å². The van der Waals surface area contributed by atoms with E-state index in [1.807, 2.05) is 18.2 Å². The van der Waals surface area contributed by atoms with E-state index in [2.05, 4.69) is 10.6 Å². The van der Waals surface area contributed by atoms with Crippen molar-refractivity contribution in [3.8, 4) is 0 Å². The molecule has 5 atom stereocenters. The second-order valence-electron chi connectivity index (χ2n) is 13.3. The molecule has 0 aromatic heterocycles. The molecule has 0 unspecified atom stereocenters. The Morgan fingerprint density at radius 3 is 2.77 bits per heavy atom. The first kappa shape index (κ1) is 34.7. The van der Waals surface area contributed by atoms with E-state index in [9.17, 15) is 23.6 Å². The first-order valence-electron chi connectivity index (χ1n) is 16.2. The highest BCUT2D eigenvalue weighted by Gasteiger charge is 2.62. The number of nitrogens with zero attached hydrogens (tertiary/aromatic N) is 2. The van der Waals surface area contributed by atoms with Gasteiger partial charge < -0.3 is 34.5 Å². The normalized spacial score (nSPS) is 29.0. The molecule has 1 aliphatic carbocycles. The van der Waals surface area contributed by atoms with Crippen LogP contribution in [0.5, 0.6) is 0 Å². The summed E-state index contributed by atoms with van der Waals surface area (Å²) >= 11 is 0. The number of fused-ring (bicyclic) bond motifs is 3. The largest absolute Gasteiger partial charge is 0.464 e. The van der Waals surface area contributed by atoms with Crippen LogP contribution >= 0.6 is 0 Å². The van der Waals surface area contributed by atoms with Crippen molar-refractivity contribution in [2.24, 2.45) is 5.92 Å². The zero-order valence-corrected chi connectivity index (χ0v) is 27.4. The van der Waals surface area contributed by atoms with Crippen molar-refractivity contribution in [2.75, 3.05) is 33.2 Å². The Bertz CT molecular complexity index is 1370. The molecule has 5 rings (SSSR count). The number of nitrogens with one attached hydrogen (secondary N) is 2. The Morgan fingerprint density at radius 1 is 1.21 bits per heavy atom. The number of rotatable bonds is 7. The Kier molecular flexibility index (Phi) is 10.8. The number of ether oxygens (including phenoxy) is 4. The van der Waals surface area contributed by atoms with E-state index >= 15 is 0 Å². The van der Waals surface area contributed by atoms with Crippen LogP contribution in [0.25, 0.3) is 0 Å². The van der Waals surface area contributed by atoms with Crippen LogP contribution in [0.2, 0.25) is 0 Å². The van der Waals surface area contributed by atoms with Gasteiger partial charge in [-0.15, -0.1) is 0 Å². The lowest BCUT2D eigenvalue weighted by Gasteiger charge is -2.30. The minimum Gasteiger partial charge on any atom is -0.464 e. The fourth-order valence-electron chi connectivity index (χ4n) is 6.16. The summed E-state index contributed by atoms with van der Waals surface area (Å²) in [4.78, 5) is 60.9. The van der Waals surface area contributed by atoms with Crippen LogP contribution in [-0.2, 0) is 51.3 Å². The van der Waals surface area contributed by atoms with Crippen LogP contribution in [0.3, 0.4) is 0 Å². The molecular weight excluding hydrogens is 615 g/mol. The van der Waals surface area contributed by atoms with Crippen LogP contribution in [0.1, 0.15) is 64.5 Å². The summed E-state index contributed by atoms with van der Waals surface area (Å²) in [5.74, 6) is -2.17. The fourth-order valence-corrected chi connectivity index (χ4v) is 6.16. The van der Waals surface area contributed by atoms with E-state index in [4.69, 9.17) is 23.8 Å². The Hall–Kier alpha value is -3.59. The highest BCUT2D eigenvalue weighted by atomic mass is 19.1. The quantitative estimate of drug-likeness (QED) is 0.255. The molecule has 1 saturated carbocycles. The van der Waals surface area contributed by atoms with Crippen LogP contribution < -0.4 is 10.6 Å². The van der Waals surface area contributed by atoms with E-state index in [0.717, 1.165) is 5.56 Å². The average Bonchev–Trinajstić information content (AvgIpc) is 3.31. The van der Waals surface area contributed by atoms with Gasteiger partial charge in [0.2, 0.25) is 11.8 Å². The standard InChI is InChI=1S/C33H45FN4O9/c1-5-44-30(41)33-15-22(33)11-7-6-8-13-43-19-26(35-31(42)47-32(2,3)4)29(40)38-17-23(14-27(38)28(39)36-33)45-20-46-37-16-21-10-9-12-25(34)24(21)18-37/h7,9-12,22-23,26-27H,5-6,8,13-20H2,1-4H3,(H,35,42)(H,36,39)/b11-7-/t22-,23-,26+,27+,33-/m1/s1. The SMILES string of the molecule is CCOC(=O)[C@@]12C[C@H]1/C=C\CCCOC[C@H](NC(=O)OC(C)(C)C)C(=O)N1C[C@H](OCON3Cc4cccc(F)c4C3)C[C@H]1C(=O)N2. The number of amides is 3. The van der Waals surface area contributed by atoms with Gasteiger partial charge in [-0.1, -0.05) is 24.3 Å². The minimum absolute atomic E-state index is 0.0113. The second-order valence-corrected chi connectivity index (χ2v) is 13.3. The van der Waals surface area contributed by atoms with Gasteiger partial charge in [0.25, 0.3) is 0 Å². The molecule has 2 fully saturated rings. The van der Waals surface area contributed by atoms with Gasteiger partial charge in [-0.05, 0) is 58.6 Å². The topological polar surface area (TPSA) is 145 Å². The molecule has 1 aromatic rings. The van der Waals surface area contributed by atoms with Crippen molar-refractivity contribution in [2.45, 2.75) is 95.8 Å². The fraction of sp³-hybridized carbons (Fsp3) is 0.636. The van der Waals surface area contributed by atoms with Gasteiger partial charge >= 0.3 is 12.1 Å². The number of alkyl carbamates (subject to hydrolysis) is 1. The van der Waals surface area contributed by atoms with Crippen LogP contribution in [-0.4, -0.2) is 96.3 Å². The maximum Gasteiger partial charge on any atom is 0.408 e. The zero-order chi connectivity index (χ0) is 33.8. The molecule has 0 radical (unpaired) electrons. The van der Waals surface area contributed by atoms with E-state index in [0.29, 0.717) is 38.0 Å². The number of hydrogen-bond donors (Lipinski definition) is 2. The molecule has 258 valence electrons. The molecule has 4 aliphatic rings. The third-order valence-corrected chi connectivity index (χ3v) is 8.59. The summed E-state index contributed by atoms with van der Waals surface area (Å²) in [5.41, 5.74) is -0.644. The van der Waals surface area contributed by atoms with E-state index in [1.54, 1.807) is 38.8 Å². The Labute approximate surface area is 274 Å². The summed E-state index contributed by atoms with van der Waals surface area (Å²) in [6, 6.07) is 2.72. The van der Waals surface area contributed by atoms with Crippen molar-refractivity contribution in [3.05, 3.63) is 47.3 Å². The number of benzene rings is 1. The number of carbonyl (C=O) groups is 4. The summed E-state index contributed by atoms with van der Waals surface area (Å²) in [6.07, 6.45) is 4.23. The van der Waals surface area contributed by atoms with E-state index < -0.39 is 53.2 Å². The first-order chi connectivity index (χ1) is 22.4. The van der Waals surface area contributed by atoms with Crippen molar-refractivity contribution in [1.82, 2.24) is 20.6 Å². The molecule has 14 heteroatoms. The number of halogens is 1. The molecular formula is C33H45FN4O9. The molecule has 1 saturated heterocycles. The molecule has 0 bridgehead atoms. The summed E-state index contributed by atoms with van der Waals surface area (Å²) in [5, 5.41) is 7.10. The molecule has 1 aromatic carbocycles. The van der Waals surface area contributed by atoms with Crippen molar-refractivity contribution in [3.63, 3.8) is 0 Å². The van der Waals surface area contributed by atoms with Gasteiger partial charge in [0, 0.05) is 31.1 Å². The van der Waals surface area contributed by atoms with Crippen molar-refractivity contribution < 1.29 is 47.4 Å².